The van der Waals surface area contributed by atoms with Crippen LogP contribution in [0.1, 0.15) is 29.9 Å². The Bertz CT molecular complexity index is 517. The van der Waals surface area contributed by atoms with Crippen molar-refractivity contribution in [2.24, 2.45) is 0 Å². The van der Waals surface area contributed by atoms with Gasteiger partial charge in [0.15, 0.2) is 5.82 Å². The summed E-state index contributed by atoms with van der Waals surface area (Å²) in [5.74, 6) is 0.816. The van der Waals surface area contributed by atoms with Gasteiger partial charge in [-0.25, -0.2) is 0 Å². The first kappa shape index (κ1) is 11.7. The zero-order valence-electron chi connectivity index (χ0n) is 10.6. The Hall–Kier alpha value is -1.75. The highest BCUT2D eigenvalue weighted by Gasteiger charge is 2.14. The van der Waals surface area contributed by atoms with Crippen LogP contribution in [0.5, 0.6) is 0 Å². The van der Waals surface area contributed by atoms with Crippen molar-refractivity contribution in [2.45, 2.75) is 26.8 Å². The SMILES string of the molecule is CNC(C)c1nnnn1-c1ccc(C)c(C)c1. The second-order valence-electron chi connectivity index (χ2n) is 4.23. The molecule has 0 bridgehead atoms. The second kappa shape index (κ2) is 4.63. The second-order valence-corrected chi connectivity index (χ2v) is 4.23. The van der Waals surface area contributed by atoms with E-state index in [4.69, 9.17) is 0 Å². The van der Waals surface area contributed by atoms with Crippen molar-refractivity contribution < 1.29 is 0 Å². The number of rotatable bonds is 3. The molecule has 17 heavy (non-hydrogen) atoms. The molecule has 0 radical (unpaired) electrons. The number of aryl methyl sites for hydroxylation is 2. The molecule has 5 nitrogen and oxygen atoms in total. The molecule has 1 heterocycles. The van der Waals surface area contributed by atoms with E-state index < -0.39 is 0 Å². The topological polar surface area (TPSA) is 55.6 Å². The summed E-state index contributed by atoms with van der Waals surface area (Å²) in [6.45, 7) is 6.21. The van der Waals surface area contributed by atoms with Crippen LogP contribution >= 0.6 is 0 Å². The highest BCUT2D eigenvalue weighted by Crippen LogP contribution is 2.16. The van der Waals surface area contributed by atoms with Crippen LogP contribution in [0.15, 0.2) is 18.2 Å². The summed E-state index contributed by atoms with van der Waals surface area (Å²) in [7, 11) is 1.89. The summed E-state index contributed by atoms with van der Waals surface area (Å²) in [4.78, 5) is 0. The normalized spacial score (nSPS) is 12.7. The summed E-state index contributed by atoms with van der Waals surface area (Å²) >= 11 is 0. The molecule has 0 fully saturated rings. The molecule has 0 amide bonds. The smallest absolute Gasteiger partial charge is 0.173 e. The first-order valence-electron chi connectivity index (χ1n) is 5.66. The first-order valence-corrected chi connectivity index (χ1v) is 5.66. The van der Waals surface area contributed by atoms with Crippen LogP contribution in [0.2, 0.25) is 0 Å². The van der Waals surface area contributed by atoms with Gasteiger partial charge in [-0.3, -0.25) is 0 Å². The minimum Gasteiger partial charge on any atom is -0.311 e. The summed E-state index contributed by atoms with van der Waals surface area (Å²) in [6.07, 6.45) is 0. The van der Waals surface area contributed by atoms with Gasteiger partial charge in [0, 0.05) is 0 Å². The lowest BCUT2D eigenvalue weighted by molar-refractivity contribution is 0.588. The molecule has 1 N–H and O–H groups in total. The summed E-state index contributed by atoms with van der Waals surface area (Å²) in [5.41, 5.74) is 3.50. The van der Waals surface area contributed by atoms with E-state index in [1.807, 2.05) is 20.0 Å². The highest BCUT2D eigenvalue weighted by molar-refractivity contribution is 5.39. The van der Waals surface area contributed by atoms with Gasteiger partial charge in [-0.2, -0.15) is 4.68 Å². The molecule has 2 aromatic rings. The van der Waals surface area contributed by atoms with Crippen molar-refractivity contribution in [3.63, 3.8) is 0 Å². The molecule has 5 heteroatoms. The van der Waals surface area contributed by atoms with Crippen molar-refractivity contribution in [3.05, 3.63) is 35.2 Å². The van der Waals surface area contributed by atoms with Crippen LogP contribution in [-0.4, -0.2) is 27.3 Å². The van der Waals surface area contributed by atoms with Gasteiger partial charge in [-0.15, -0.1) is 5.10 Å². The number of nitrogens with one attached hydrogen (secondary N) is 1. The highest BCUT2D eigenvalue weighted by atomic mass is 15.5. The molecule has 1 atom stereocenters. The third kappa shape index (κ3) is 2.19. The summed E-state index contributed by atoms with van der Waals surface area (Å²) in [5, 5.41) is 15.0. The van der Waals surface area contributed by atoms with Crippen molar-refractivity contribution >= 4 is 0 Å². The quantitative estimate of drug-likeness (QED) is 0.871. The number of hydrogen-bond donors (Lipinski definition) is 1. The molecule has 0 aliphatic carbocycles. The molecule has 1 aromatic carbocycles. The zero-order valence-corrected chi connectivity index (χ0v) is 10.6. The zero-order chi connectivity index (χ0) is 12.4. The van der Waals surface area contributed by atoms with Crippen molar-refractivity contribution in [1.29, 1.82) is 0 Å². The standard InChI is InChI=1S/C12H17N5/c1-8-5-6-11(7-9(8)2)17-12(10(3)13-4)14-15-16-17/h5-7,10,13H,1-4H3. The largest absolute Gasteiger partial charge is 0.311 e. The Labute approximate surface area is 101 Å². The molecule has 0 aliphatic rings. The number of hydrogen-bond acceptors (Lipinski definition) is 4. The Morgan fingerprint density at radius 3 is 2.65 bits per heavy atom. The maximum Gasteiger partial charge on any atom is 0.173 e. The van der Waals surface area contributed by atoms with E-state index in [9.17, 15) is 0 Å². The molecule has 90 valence electrons. The maximum absolute atomic E-state index is 4.05. The van der Waals surface area contributed by atoms with E-state index in [0.29, 0.717) is 0 Å². The average Bonchev–Trinajstić information content (AvgIpc) is 2.80. The molecule has 0 spiro atoms. The van der Waals surface area contributed by atoms with Gasteiger partial charge in [0.05, 0.1) is 11.7 Å². The van der Waals surface area contributed by atoms with Gasteiger partial charge in [-0.05, 0) is 61.5 Å². The fraction of sp³-hybridized carbons (Fsp3) is 0.417. The van der Waals surface area contributed by atoms with Gasteiger partial charge in [0.2, 0.25) is 0 Å². The van der Waals surface area contributed by atoms with Crippen molar-refractivity contribution in [3.8, 4) is 5.69 Å². The Morgan fingerprint density at radius 2 is 2.00 bits per heavy atom. The van der Waals surface area contributed by atoms with E-state index in [-0.39, 0.29) is 6.04 Å². The van der Waals surface area contributed by atoms with Crippen LogP contribution in [-0.2, 0) is 0 Å². The lowest BCUT2D eigenvalue weighted by Crippen LogP contribution is -2.17. The van der Waals surface area contributed by atoms with Gasteiger partial charge >= 0.3 is 0 Å². The Kier molecular flexibility index (Phi) is 3.19. The molecule has 0 saturated heterocycles. The number of benzene rings is 1. The van der Waals surface area contributed by atoms with Crippen LogP contribution in [0.3, 0.4) is 0 Å². The van der Waals surface area contributed by atoms with Crippen LogP contribution in [0.4, 0.5) is 0 Å². The lowest BCUT2D eigenvalue weighted by atomic mass is 10.1. The molecule has 1 aromatic heterocycles. The fourth-order valence-electron chi connectivity index (χ4n) is 1.63. The van der Waals surface area contributed by atoms with Crippen LogP contribution < -0.4 is 5.32 Å². The Morgan fingerprint density at radius 1 is 1.24 bits per heavy atom. The van der Waals surface area contributed by atoms with Gasteiger partial charge in [0.25, 0.3) is 0 Å². The average molecular weight is 231 g/mol. The van der Waals surface area contributed by atoms with E-state index in [0.717, 1.165) is 11.5 Å². The molecular formula is C12H17N5. The first-order chi connectivity index (χ1) is 8.13. The third-order valence-corrected chi connectivity index (χ3v) is 3.05. The monoisotopic (exact) mass is 231 g/mol. The van der Waals surface area contributed by atoms with E-state index in [1.54, 1.807) is 4.68 Å². The minimum atomic E-state index is 0.117. The van der Waals surface area contributed by atoms with Crippen molar-refractivity contribution in [1.82, 2.24) is 25.5 Å². The minimum absolute atomic E-state index is 0.117. The van der Waals surface area contributed by atoms with E-state index in [1.165, 1.54) is 11.1 Å². The summed E-state index contributed by atoms with van der Waals surface area (Å²) in [6, 6.07) is 6.33. The maximum atomic E-state index is 4.05. The van der Waals surface area contributed by atoms with Gasteiger partial charge in [0.1, 0.15) is 0 Å². The number of tetrazole rings is 1. The van der Waals surface area contributed by atoms with Gasteiger partial charge in [-0.1, -0.05) is 6.07 Å². The van der Waals surface area contributed by atoms with E-state index >= 15 is 0 Å². The predicted octanol–water partition coefficient (Wildman–Crippen LogP) is 1.56. The van der Waals surface area contributed by atoms with Gasteiger partial charge < -0.3 is 5.32 Å². The summed E-state index contributed by atoms with van der Waals surface area (Å²) < 4.78 is 1.77. The molecule has 0 aliphatic heterocycles. The fourth-order valence-corrected chi connectivity index (χ4v) is 1.63. The lowest BCUT2D eigenvalue weighted by Gasteiger charge is -2.11. The van der Waals surface area contributed by atoms with E-state index in [2.05, 4.69) is 46.8 Å². The Balaban J connectivity index is 2.46. The molecule has 0 saturated carbocycles. The number of aromatic nitrogens is 4. The van der Waals surface area contributed by atoms with Crippen molar-refractivity contribution in [2.75, 3.05) is 7.05 Å². The molecular weight excluding hydrogens is 214 g/mol. The predicted molar refractivity (Wildman–Crippen MR) is 66.1 cm³/mol. The van der Waals surface area contributed by atoms with Crippen LogP contribution in [0.25, 0.3) is 5.69 Å². The van der Waals surface area contributed by atoms with Crippen LogP contribution in [0, 0.1) is 13.8 Å². The number of nitrogens with zero attached hydrogens (tertiary/aromatic N) is 4. The third-order valence-electron chi connectivity index (χ3n) is 3.05. The molecule has 2 rings (SSSR count). The molecule has 1 unspecified atom stereocenters.